The van der Waals surface area contributed by atoms with Crippen molar-refractivity contribution in [1.82, 2.24) is 9.78 Å². The van der Waals surface area contributed by atoms with E-state index in [-0.39, 0.29) is 23.8 Å². The Bertz CT molecular complexity index is 1490. The van der Waals surface area contributed by atoms with Crippen LogP contribution in [0.4, 0.5) is 13.2 Å². The quantitative estimate of drug-likeness (QED) is 0.241. The highest BCUT2D eigenvalue weighted by Gasteiger charge is 2.34. The third kappa shape index (κ3) is 5.96. The van der Waals surface area contributed by atoms with Crippen LogP contribution in [0.1, 0.15) is 63.6 Å². The molecule has 196 valence electrons. The van der Waals surface area contributed by atoms with Crippen molar-refractivity contribution in [3.63, 3.8) is 0 Å². The van der Waals surface area contributed by atoms with Crippen LogP contribution in [0.5, 0.6) is 5.75 Å². The monoisotopic (exact) mass is 520 g/mol. The first-order valence-electron chi connectivity index (χ1n) is 12.0. The molecule has 1 heterocycles. The van der Waals surface area contributed by atoms with Crippen molar-refractivity contribution >= 4 is 18.1 Å². The number of alkyl halides is 3. The number of nitrogens with zero attached hydrogens (tertiary/aromatic N) is 2. The Morgan fingerprint density at radius 2 is 1.82 bits per heavy atom. The lowest BCUT2D eigenvalue weighted by atomic mass is 10.0. The third-order valence-corrected chi connectivity index (χ3v) is 6.17. The highest BCUT2D eigenvalue weighted by molar-refractivity contribution is 5.88. The van der Waals surface area contributed by atoms with Gasteiger partial charge in [0, 0.05) is 0 Å². The zero-order valence-electron chi connectivity index (χ0n) is 21.2. The third-order valence-electron chi connectivity index (χ3n) is 6.17. The normalized spacial score (nSPS) is 11.9. The molecule has 1 N–H and O–H groups in total. The van der Waals surface area contributed by atoms with Crippen molar-refractivity contribution in [2.45, 2.75) is 39.5 Å². The van der Waals surface area contributed by atoms with Gasteiger partial charge in [-0.05, 0) is 71.5 Å². The molecule has 0 fully saturated rings. The predicted octanol–water partition coefficient (Wildman–Crippen LogP) is 7.77. The largest absolute Gasteiger partial charge is 0.487 e. The van der Waals surface area contributed by atoms with Gasteiger partial charge in [-0.15, -0.1) is 0 Å². The van der Waals surface area contributed by atoms with Crippen LogP contribution < -0.4 is 4.74 Å². The summed E-state index contributed by atoms with van der Waals surface area (Å²) in [5.74, 6) is -0.379. The highest BCUT2D eigenvalue weighted by atomic mass is 19.4. The lowest BCUT2D eigenvalue weighted by Gasteiger charge is -2.17. The van der Waals surface area contributed by atoms with Crippen molar-refractivity contribution < 1.29 is 27.8 Å². The van der Waals surface area contributed by atoms with Crippen LogP contribution in [0.15, 0.2) is 72.9 Å². The molecular formula is C30H27F3N2O3. The maximum Gasteiger partial charge on any atom is 0.418 e. The molecule has 38 heavy (non-hydrogen) atoms. The first-order chi connectivity index (χ1) is 18.0. The van der Waals surface area contributed by atoms with Crippen LogP contribution in [-0.2, 0) is 12.8 Å². The number of aromatic carboxylic acids is 1. The highest BCUT2D eigenvalue weighted by Crippen LogP contribution is 2.35. The fourth-order valence-corrected chi connectivity index (χ4v) is 4.16. The van der Waals surface area contributed by atoms with E-state index in [4.69, 9.17) is 4.74 Å². The predicted molar refractivity (Wildman–Crippen MR) is 140 cm³/mol. The molecule has 0 amide bonds. The standard InChI is InChI=1S/C30H27F3N2O3/c1-19(2)25-17-34-35(27-10-5-4-9-26(27)30(31,32)33)28(25)18-38-24-14-13-22(20(3)15-24)12-11-21-7-6-8-23(16-21)29(36)37/h4-17,19H,18H2,1-3H3,(H,36,37)/b12-11+. The van der Waals surface area contributed by atoms with Crippen LogP contribution in [0.3, 0.4) is 0 Å². The smallest absolute Gasteiger partial charge is 0.418 e. The SMILES string of the molecule is Cc1cc(OCc2c(C(C)C)cnn2-c2ccccc2C(F)(F)F)ccc1/C=C/c1cccc(C(=O)O)c1. The molecule has 5 nitrogen and oxygen atoms in total. The van der Waals surface area contributed by atoms with Gasteiger partial charge in [0.15, 0.2) is 0 Å². The van der Waals surface area contributed by atoms with Crippen LogP contribution >= 0.6 is 0 Å². The Balaban J connectivity index is 1.57. The molecule has 8 heteroatoms. The Morgan fingerprint density at radius 3 is 2.50 bits per heavy atom. The number of halogens is 3. The first-order valence-corrected chi connectivity index (χ1v) is 12.0. The number of rotatable bonds is 8. The molecule has 1 aromatic heterocycles. The van der Waals surface area contributed by atoms with Gasteiger partial charge < -0.3 is 9.84 Å². The van der Waals surface area contributed by atoms with E-state index in [9.17, 15) is 23.1 Å². The molecule has 0 unspecified atom stereocenters. The molecule has 3 aromatic carbocycles. The van der Waals surface area contributed by atoms with Gasteiger partial charge in [0.1, 0.15) is 12.4 Å². The minimum atomic E-state index is -4.52. The molecule has 0 atom stereocenters. The summed E-state index contributed by atoms with van der Waals surface area (Å²) in [4.78, 5) is 11.2. The van der Waals surface area contributed by atoms with E-state index >= 15 is 0 Å². The summed E-state index contributed by atoms with van der Waals surface area (Å²) < 4.78 is 48.4. The number of carboxylic acids is 1. The van der Waals surface area contributed by atoms with Gasteiger partial charge in [-0.1, -0.05) is 56.3 Å². The van der Waals surface area contributed by atoms with E-state index in [1.807, 2.05) is 51.1 Å². The summed E-state index contributed by atoms with van der Waals surface area (Å²) >= 11 is 0. The van der Waals surface area contributed by atoms with Crippen LogP contribution in [0, 0.1) is 6.92 Å². The lowest BCUT2D eigenvalue weighted by Crippen LogP contribution is -2.14. The average molecular weight is 521 g/mol. The number of aromatic nitrogens is 2. The number of benzene rings is 3. The van der Waals surface area contributed by atoms with Gasteiger partial charge in [-0.25, -0.2) is 9.48 Å². The summed E-state index contributed by atoms with van der Waals surface area (Å²) in [5, 5.41) is 13.5. The van der Waals surface area contributed by atoms with Crippen molar-refractivity contribution in [3.05, 3.63) is 112 Å². The Morgan fingerprint density at radius 1 is 1.05 bits per heavy atom. The molecule has 0 aliphatic rings. The summed E-state index contributed by atoms with van der Waals surface area (Å²) in [6.07, 6.45) is 0.796. The maximum atomic E-state index is 13.7. The van der Waals surface area contributed by atoms with Crippen LogP contribution in [0.25, 0.3) is 17.8 Å². The zero-order valence-corrected chi connectivity index (χ0v) is 21.2. The van der Waals surface area contributed by atoms with Gasteiger partial charge in [0.05, 0.1) is 28.7 Å². The van der Waals surface area contributed by atoms with E-state index in [0.717, 1.165) is 28.3 Å². The fourth-order valence-electron chi connectivity index (χ4n) is 4.16. The lowest BCUT2D eigenvalue weighted by molar-refractivity contribution is -0.137. The van der Waals surface area contributed by atoms with Crippen molar-refractivity contribution in [2.24, 2.45) is 0 Å². The minimum Gasteiger partial charge on any atom is -0.487 e. The number of carboxylic acid groups (broad SMARTS) is 1. The van der Waals surface area contributed by atoms with E-state index in [1.165, 1.54) is 22.9 Å². The Labute approximate surface area is 218 Å². The number of hydrogen-bond donors (Lipinski definition) is 1. The van der Waals surface area contributed by atoms with Gasteiger partial charge in [-0.2, -0.15) is 18.3 Å². The molecule has 4 aromatic rings. The molecule has 0 aliphatic carbocycles. The molecule has 0 radical (unpaired) electrons. The number of para-hydroxylation sites is 1. The van der Waals surface area contributed by atoms with Crippen LogP contribution in [-0.4, -0.2) is 20.9 Å². The number of ether oxygens (including phenoxy) is 1. The molecule has 0 saturated heterocycles. The second-order valence-electron chi connectivity index (χ2n) is 9.20. The van der Waals surface area contributed by atoms with Crippen molar-refractivity contribution in [3.8, 4) is 11.4 Å². The minimum absolute atomic E-state index is 0.0364. The Hall–Kier alpha value is -4.33. The Kier molecular flexibility index (Phi) is 7.71. The van der Waals surface area contributed by atoms with Crippen molar-refractivity contribution in [1.29, 1.82) is 0 Å². The zero-order chi connectivity index (χ0) is 27.4. The van der Waals surface area contributed by atoms with Gasteiger partial charge in [0.2, 0.25) is 0 Å². The van der Waals surface area contributed by atoms with E-state index in [1.54, 1.807) is 30.5 Å². The number of hydrogen-bond acceptors (Lipinski definition) is 3. The van der Waals surface area contributed by atoms with Crippen LogP contribution in [0.2, 0.25) is 0 Å². The first kappa shape index (κ1) is 26.7. The number of carbonyl (C=O) groups is 1. The molecule has 0 aliphatic heterocycles. The summed E-state index contributed by atoms with van der Waals surface area (Å²) in [6.45, 7) is 5.87. The van der Waals surface area contributed by atoms with E-state index in [0.29, 0.717) is 11.4 Å². The number of aryl methyl sites for hydroxylation is 1. The van der Waals surface area contributed by atoms with Gasteiger partial charge >= 0.3 is 12.1 Å². The summed E-state index contributed by atoms with van der Waals surface area (Å²) in [6, 6.07) is 17.5. The molecule has 0 bridgehead atoms. The van der Waals surface area contributed by atoms with E-state index in [2.05, 4.69) is 5.10 Å². The topological polar surface area (TPSA) is 64.4 Å². The molecule has 4 rings (SSSR count). The van der Waals surface area contributed by atoms with Gasteiger partial charge in [0.25, 0.3) is 0 Å². The summed E-state index contributed by atoms with van der Waals surface area (Å²) in [7, 11) is 0. The molecule has 0 spiro atoms. The maximum absolute atomic E-state index is 13.7. The second-order valence-corrected chi connectivity index (χ2v) is 9.20. The van der Waals surface area contributed by atoms with Gasteiger partial charge in [-0.3, -0.25) is 0 Å². The molecular weight excluding hydrogens is 493 g/mol. The second kappa shape index (κ2) is 11.0. The van der Waals surface area contributed by atoms with E-state index < -0.39 is 17.7 Å². The van der Waals surface area contributed by atoms with Crippen molar-refractivity contribution in [2.75, 3.05) is 0 Å². The summed E-state index contributed by atoms with van der Waals surface area (Å²) in [5.41, 5.74) is 3.37. The average Bonchev–Trinajstić information content (AvgIpc) is 3.31. The molecule has 0 saturated carbocycles. The fraction of sp³-hybridized carbons (Fsp3) is 0.200.